The highest BCUT2D eigenvalue weighted by Crippen LogP contribution is 2.10. The number of aliphatic hydroxyl groups excluding tert-OH is 1. The molecule has 1 aromatic carbocycles. The van der Waals surface area contributed by atoms with Crippen LogP contribution >= 0.6 is 0 Å². The standard InChI is InChI=1S/C25H37N3O7/c1-6-7-13-26-23(31)21(29)19(15-18-11-9-8-10-12-18)27-22(30)20(14-16(2)3)28-25(33)35-24(32)17(4)34-5/h8-12,16,19-21,29H,4,6-7,13-15H2,1-3,5H3,(H,26,31)(H,27,30)(H,28,33)/t19-,20-,21?/m0/s1. The normalized spacial score (nSPS) is 13.2. The van der Waals surface area contributed by atoms with Crippen LogP contribution in [0.15, 0.2) is 42.7 Å². The average molecular weight is 492 g/mol. The van der Waals surface area contributed by atoms with Gasteiger partial charge in [-0.15, -0.1) is 0 Å². The number of carbonyl (C=O) groups excluding carboxylic acids is 4. The van der Waals surface area contributed by atoms with Gasteiger partial charge < -0.3 is 30.5 Å². The summed E-state index contributed by atoms with van der Waals surface area (Å²) < 4.78 is 9.23. The summed E-state index contributed by atoms with van der Waals surface area (Å²) in [5.41, 5.74) is 0.801. The van der Waals surface area contributed by atoms with E-state index in [0.717, 1.165) is 18.4 Å². The van der Waals surface area contributed by atoms with Gasteiger partial charge in [0.1, 0.15) is 6.04 Å². The van der Waals surface area contributed by atoms with Crippen LogP contribution in [0.5, 0.6) is 0 Å². The van der Waals surface area contributed by atoms with E-state index >= 15 is 0 Å². The maximum Gasteiger partial charge on any atom is 0.415 e. The number of esters is 1. The van der Waals surface area contributed by atoms with Crippen LogP contribution in [0, 0.1) is 5.92 Å². The molecule has 0 bridgehead atoms. The average Bonchev–Trinajstić information content (AvgIpc) is 2.82. The minimum atomic E-state index is -1.52. The number of nitrogens with one attached hydrogen (secondary N) is 3. The molecule has 0 heterocycles. The molecule has 35 heavy (non-hydrogen) atoms. The summed E-state index contributed by atoms with van der Waals surface area (Å²) in [7, 11) is 1.20. The first-order chi connectivity index (χ1) is 16.6. The van der Waals surface area contributed by atoms with Crippen LogP contribution in [0.4, 0.5) is 4.79 Å². The van der Waals surface area contributed by atoms with Crippen molar-refractivity contribution in [2.24, 2.45) is 5.92 Å². The maximum absolute atomic E-state index is 13.1. The minimum absolute atomic E-state index is 0.00877. The summed E-state index contributed by atoms with van der Waals surface area (Å²) in [5.74, 6) is -2.70. The van der Waals surface area contributed by atoms with Crippen LogP contribution in [-0.2, 0) is 30.3 Å². The monoisotopic (exact) mass is 491 g/mol. The van der Waals surface area contributed by atoms with Crippen molar-refractivity contribution in [1.82, 2.24) is 16.0 Å². The van der Waals surface area contributed by atoms with E-state index in [1.807, 2.05) is 51.1 Å². The topological polar surface area (TPSA) is 143 Å². The van der Waals surface area contributed by atoms with Gasteiger partial charge in [-0.3, -0.25) is 9.59 Å². The predicted molar refractivity (Wildman–Crippen MR) is 130 cm³/mol. The number of benzene rings is 1. The molecule has 10 nitrogen and oxygen atoms in total. The Morgan fingerprint density at radius 3 is 2.29 bits per heavy atom. The second kappa shape index (κ2) is 15.5. The molecule has 0 spiro atoms. The lowest BCUT2D eigenvalue weighted by Gasteiger charge is -2.27. The van der Waals surface area contributed by atoms with E-state index in [1.165, 1.54) is 7.11 Å². The van der Waals surface area contributed by atoms with Crippen molar-refractivity contribution in [1.29, 1.82) is 0 Å². The van der Waals surface area contributed by atoms with Crippen LogP contribution in [0.2, 0.25) is 0 Å². The summed E-state index contributed by atoms with van der Waals surface area (Å²) in [6, 6.07) is 7.04. The largest absolute Gasteiger partial charge is 0.490 e. The summed E-state index contributed by atoms with van der Waals surface area (Å²) in [6.07, 6.45) is -0.637. The molecule has 194 valence electrons. The first kappa shape index (κ1) is 29.6. The Kier molecular flexibility index (Phi) is 13.1. The molecule has 0 aliphatic heterocycles. The molecule has 0 radical (unpaired) electrons. The van der Waals surface area contributed by atoms with Crippen molar-refractivity contribution >= 4 is 23.9 Å². The molecule has 4 N–H and O–H groups in total. The fourth-order valence-electron chi connectivity index (χ4n) is 3.17. The first-order valence-corrected chi connectivity index (χ1v) is 11.6. The van der Waals surface area contributed by atoms with Gasteiger partial charge in [0.2, 0.25) is 5.91 Å². The van der Waals surface area contributed by atoms with Gasteiger partial charge in [0.15, 0.2) is 11.9 Å². The minimum Gasteiger partial charge on any atom is -0.490 e. The van der Waals surface area contributed by atoms with Crippen LogP contribution in [-0.4, -0.2) is 60.8 Å². The van der Waals surface area contributed by atoms with E-state index in [4.69, 9.17) is 0 Å². The number of alkyl carbamates (subject to hydrolysis) is 1. The second-order valence-corrected chi connectivity index (χ2v) is 8.52. The summed E-state index contributed by atoms with van der Waals surface area (Å²) in [4.78, 5) is 49.6. The predicted octanol–water partition coefficient (Wildman–Crippen LogP) is 1.82. The van der Waals surface area contributed by atoms with Gasteiger partial charge in [0, 0.05) is 6.54 Å². The van der Waals surface area contributed by atoms with Gasteiger partial charge in [0.25, 0.3) is 5.91 Å². The lowest BCUT2D eigenvalue weighted by molar-refractivity contribution is -0.137. The Balaban J connectivity index is 3.00. The molecule has 3 atom stereocenters. The number of carbonyl (C=O) groups is 4. The quantitative estimate of drug-likeness (QED) is 0.102. The molecule has 0 saturated heterocycles. The molecule has 1 rings (SSSR count). The molecular weight excluding hydrogens is 454 g/mol. The van der Waals surface area contributed by atoms with Crippen molar-refractivity contribution in [3.8, 4) is 0 Å². The number of unbranched alkanes of at least 4 members (excludes halogenated alkanes) is 1. The molecule has 0 aliphatic rings. The molecule has 1 aromatic rings. The van der Waals surface area contributed by atoms with E-state index < -0.39 is 42.1 Å². The maximum atomic E-state index is 13.1. The van der Waals surface area contributed by atoms with Gasteiger partial charge in [-0.1, -0.05) is 57.5 Å². The lowest BCUT2D eigenvalue weighted by Crippen LogP contribution is -2.56. The summed E-state index contributed by atoms with van der Waals surface area (Å²) >= 11 is 0. The molecule has 3 amide bonds. The third kappa shape index (κ3) is 11.0. The number of hydrogen-bond acceptors (Lipinski definition) is 7. The molecule has 1 unspecified atom stereocenters. The number of hydrogen-bond donors (Lipinski definition) is 4. The van der Waals surface area contributed by atoms with Crippen molar-refractivity contribution < 1.29 is 33.8 Å². The van der Waals surface area contributed by atoms with Crippen LogP contribution < -0.4 is 16.0 Å². The van der Waals surface area contributed by atoms with E-state index in [9.17, 15) is 24.3 Å². The number of rotatable bonds is 14. The molecule has 0 saturated carbocycles. The van der Waals surface area contributed by atoms with Crippen molar-refractivity contribution in [3.05, 3.63) is 48.2 Å². The number of methoxy groups -OCH3 is 1. The Bertz CT molecular complexity index is 858. The zero-order chi connectivity index (χ0) is 26.4. The van der Waals surface area contributed by atoms with Gasteiger partial charge >= 0.3 is 12.1 Å². The van der Waals surface area contributed by atoms with Gasteiger partial charge in [-0.2, -0.15) is 0 Å². The van der Waals surface area contributed by atoms with Crippen molar-refractivity contribution in [2.75, 3.05) is 13.7 Å². The molecule has 10 heteroatoms. The van der Waals surface area contributed by atoms with Crippen molar-refractivity contribution in [2.45, 2.75) is 64.6 Å². The smallest absolute Gasteiger partial charge is 0.415 e. The summed E-state index contributed by atoms with van der Waals surface area (Å²) in [6.45, 7) is 9.39. The Morgan fingerprint density at radius 2 is 1.71 bits per heavy atom. The molecular formula is C25H37N3O7. The third-order valence-corrected chi connectivity index (χ3v) is 5.08. The van der Waals surface area contributed by atoms with E-state index in [2.05, 4.69) is 32.0 Å². The number of ether oxygens (including phenoxy) is 2. The van der Waals surface area contributed by atoms with Crippen molar-refractivity contribution in [3.63, 3.8) is 0 Å². The Labute approximate surface area is 206 Å². The highest BCUT2D eigenvalue weighted by molar-refractivity contribution is 5.95. The summed E-state index contributed by atoms with van der Waals surface area (Å²) in [5, 5.41) is 18.5. The molecule has 0 fully saturated rings. The third-order valence-electron chi connectivity index (χ3n) is 5.08. The van der Waals surface area contributed by atoms with E-state index in [1.54, 1.807) is 0 Å². The van der Waals surface area contributed by atoms with Gasteiger partial charge in [-0.25, -0.2) is 9.59 Å². The van der Waals surface area contributed by atoms with Gasteiger partial charge in [0.05, 0.1) is 13.2 Å². The second-order valence-electron chi connectivity index (χ2n) is 8.52. The number of aliphatic hydroxyl groups is 1. The SMILES string of the molecule is C=C(OC)C(=O)OC(=O)N[C@@H](CC(C)C)C(=O)N[C@@H](Cc1ccccc1)C(O)C(=O)NCCCC. The molecule has 0 aliphatic carbocycles. The van der Waals surface area contributed by atoms with Crippen LogP contribution in [0.25, 0.3) is 0 Å². The zero-order valence-corrected chi connectivity index (χ0v) is 20.8. The first-order valence-electron chi connectivity index (χ1n) is 11.6. The van der Waals surface area contributed by atoms with Crippen LogP contribution in [0.3, 0.4) is 0 Å². The zero-order valence-electron chi connectivity index (χ0n) is 20.8. The van der Waals surface area contributed by atoms with Gasteiger partial charge in [-0.05, 0) is 37.3 Å². The number of amides is 3. The Morgan fingerprint density at radius 1 is 1.06 bits per heavy atom. The fraction of sp³-hybridized carbons (Fsp3) is 0.520. The van der Waals surface area contributed by atoms with E-state index in [0.29, 0.717) is 6.54 Å². The highest BCUT2D eigenvalue weighted by Gasteiger charge is 2.31. The molecule has 0 aromatic heterocycles. The highest BCUT2D eigenvalue weighted by atomic mass is 16.6. The Hall–Kier alpha value is -3.40. The van der Waals surface area contributed by atoms with E-state index in [-0.39, 0.29) is 24.5 Å². The fourth-order valence-corrected chi connectivity index (χ4v) is 3.17. The van der Waals surface area contributed by atoms with Crippen LogP contribution in [0.1, 0.15) is 45.6 Å². The lowest BCUT2D eigenvalue weighted by atomic mass is 9.98.